The van der Waals surface area contributed by atoms with Crippen LogP contribution in [0.3, 0.4) is 0 Å². The second-order valence-electron chi connectivity index (χ2n) is 5.82. The third-order valence-corrected chi connectivity index (χ3v) is 4.40. The Balaban J connectivity index is 2.08. The minimum absolute atomic E-state index is 0.0535. The maximum absolute atomic E-state index is 12.4. The Labute approximate surface area is 132 Å². The molecular formula is C17H24ClNO2. The molecule has 0 amide bonds. The van der Waals surface area contributed by atoms with Gasteiger partial charge in [-0.25, -0.2) is 9.78 Å². The molecule has 2 atom stereocenters. The predicted molar refractivity (Wildman–Crippen MR) is 84.7 cm³/mol. The second kappa shape index (κ2) is 7.79. The van der Waals surface area contributed by atoms with Crippen molar-refractivity contribution in [1.29, 1.82) is 0 Å². The van der Waals surface area contributed by atoms with E-state index in [4.69, 9.17) is 16.3 Å². The van der Waals surface area contributed by atoms with Crippen LogP contribution in [0.2, 0.25) is 5.15 Å². The zero-order valence-corrected chi connectivity index (χ0v) is 13.7. The van der Waals surface area contributed by atoms with Crippen LogP contribution in [0.5, 0.6) is 0 Å². The van der Waals surface area contributed by atoms with Crippen molar-refractivity contribution in [3.05, 3.63) is 28.5 Å². The minimum atomic E-state index is -0.262. The molecule has 21 heavy (non-hydrogen) atoms. The fraction of sp³-hybridized carbons (Fsp3) is 0.647. The van der Waals surface area contributed by atoms with Crippen molar-refractivity contribution in [3.8, 4) is 0 Å². The SMILES string of the molecule is CCCc1cc(C(=O)OC2CCCCC2CC)cc(Cl)n1. The lowest BCUT2D eigenvalue weighted by atomic mass is 9.85. The highest BCUT2D eigenvalue weighted by molar-refractivity contribution is 6.29. The number of carbonyl (C=O) groups is 1. The average Bonchev–Trinajstić information content (AvgIpc) is 2.47. The fourth-order valence-electron chi connectivity index (χ4n) is 3.05. The minimum Gasteiger partial charge on any atom is -0.458 e. The first kappa shape index (κ1) is 16.3. The van der Waals surface area contributed by atoms with Crippen LogP contribution in [0.25, 0.3) is 0 Å². The highest BCUT2D eigenvalue weighted by atomic mass is 35.5. The maximum atomic E-state index is 12.4. The van der Waals surface area contributed by atoms with Gasteiger partial charge in [0.2, 0.25) is 0 Å². The molecule has 3 nitrogen and oxygen atoms in total. The zero-order valence-electron chi connectivity index (χ0n) is 12.9. The van der Waals surface area contributed by atoms with Gasteiger partial charge in [0.25, 0.3) is 0 Å². The van der Waals surface area contributed by atoms with Crippen LogP contribution in [0.15, 0.2) is 12.1 Å². The van der Waals surface area contributed by atoms with Gasteiger partial charge >= 0.3 is 5.97 Å². The molecule has 1 fully saturated rings. The molecule has 0 saturated heterocycles. The van der Waals surface area contributed by atoms with E-state index in [0.717, 1.165) is 44.2 Å². The Morgan fingerprint density at radius 1 is 1.33 bits per heavy atom. The summed E-state index contributed by atoms with van der Waals surface area (Å²) in [6.07, 6.45) is 7.44. The number of esters is 1. The van der Waals surface area contributed by atoms with Crippen LogP contribution < -0.4 is 0 Å². The third-order valence-electron chi connectivity index (χ3n) is 4.21. The van der Waals surface area contributed by atoms with E-state index in [1.54, 1.807) is 6.07 Å². The van der Waals surface area contributed by atoms with E-state index < -0.39 is 0 Å². The Morgan fingerprint density at radius 2 is 2.10 bits per heavy atom. The van der Waals surface area contributed by atoms with Crippen molar-refractivity contribution in [2.75, 3.05) is 0 Å². The lowest BCUT2D eigenvalue weighted by molar-refractivity contribution is 0.000684. The van der Waals surface area contributed by atoms with Crippen molar-refractivity contribution < 1.29 is 9.53 Å². The van der Waals surface area contributed by atoms with E-state index in [0.29, 0.717) is 16.6 Å². The fourth-order valence-corrected chi connectivity index (χ4v) is 3.28. The summed E-state index contributed by atoms with van der Waals surface area (Å²) in [5.74, 6) is 0.233. The molecule has 4 heteroatoms. The summed E-state index contributed by atoms with van der Waals surface area (Å²) in [7, 11) is 0. The van der Waals surface area contributed by atoms with Gasteiger partial charge < -0.3 is 4.74 Å². The first-order valence-corrected chi connectivity index (χ1v) is 8.39. The van der Waals surface area contributed by atoms with Gasteiger partial charge in [0, 0.05) is 5.69 Å². The molecule has 0 bridgehead atoms. The summed E-state index contributed by atoms with van der Waals surface area (Å²) in [6, 6.07) is 3.41. The summed E-state index contributed by atoms with van der Waals surface area (Å²) in [4.78, 5) is 16.6. The summed E-state index contributed by atoms with van der Waals surface area (Å²) in [5.41, 5.74) is 1.38. The third kappa shape index (κ3) is 4.44. The number of halogens is 1. The standard InChI is InChI=1S/C17H24ClNO2/c1-3-7-14-10-13(11-16(18)19-14)17(20)21-15-9-6-5-8-12(15)4-2/h10-12,15H,3-9H2,1-2H3. The highest BCUT2D eigenvalue weighted by Crippen LogP contribution is 2.30. The molecule has 2 unspecified atom stereocenters. The molecule has 1 aliphatic carbocycles. The van der Waals surface area contributed by atoms with Gasteiger partial charge in [-0.1, -0.05) is 38.3 Å². The molecule has 0 aromatic carbocycles. The highest BCUT2D eigenvalue weighted by Gasteiger charge is 2.27. The van der Waals surface area contributed by atoms with E-state index in [1.165, 1.54) is 6.42 Å². The van der Waals surface area contributed by atoms with Crippen molar-refractivity contribution in [2.45, 2.75) is 64.9 Å². The smallest absolute Gasteiger partial charge is 0.338 e. The molecule has 1 saturated carbocycles. The molecule has 0 N–H and O–H groups in total. The van der Waals surface area contributed by atoms with Gasteiger partial charge in [-0.2, -0.15) is 0 Å². The molecular weight excluding hydrogens is 286 g/mol. The van der Waals surface area contributed by atoms with Gasteiger partial charge in [0.05, 0.1) is 5.56 Å². The van der Waals surface area contributed by atoms with Crippen LogP contribution in [0.4, 0.5) is 0 Å². The Hall–Kier alpha value is -1.09. The van der Waals surface area contributed by atoms with Crippen LogP contribution in [-0.2, 0) is 11.2 Å². The maximum Gasteiger partial charge on any atom is 0.338 e. The number of aromatic nitrogens is 1. The van der Waals surface area contributed by atoms with Gasteiger partial charge in [-0.15, -0.1) is 0 Å². The Kier molecular flexibility index (Phi) is 6.04. The van der Waals surface area contributed by atoms with Gasteiger partial charge in [-0.3, -0.25) is 0 Å². The van der Waals surface area contributed by atoms with Crippen molar-refractivity contribution in [1.82, 2.24) is 4.98 Å². The van der Waals surface area contributed by atoms with E-state index in [-0.39, 0.29) is 12.1 Å². The molecule has 1 heterocycles. The van der Waals surface area contributed by atoms with Crippen LogP contribution >= 0.6 is 11.6 Å². The average molecular weight is 310 g/mol. The first-order valence-electron chi connectivity index (χ1n) is 8.01. The normalized spacial score (nSPS) is 22.0. The molecule has 0 radical (unpaired) electrons. The number of hydrogen-bond acceptors (Lipinski definition) is 3. The van der Waals surface area contributed by atoms with Gasteiger partial charge in [0.1, 0.15) is 11.3 Å². The molecule has 1 aromatic rings. The molecule has 0 spiro atoms. The van der Waals surface area contributed by atoms with Gasteiger partial charge in [-0.05, 0) is 50.2 Å². The lowest BCUT2D eigenvalue weighted by Crippen LogP contribution is -2.29. The van der Waals surface area contributed by atoms with Crippen LogP contribution in [0, 0.1) is 5.92 Å². The van der Waals surface area contributed by atoms with Crippen LogP contribution in [-0.4, -0.2) is 17.1 Å². The Morgan fingerprint density at radius 3 is 2.81 bits per heavy atom. The van der Waals surface area contributed by atoms with Gasteiger partial charge in [0.15, 0.2) is 0 Å². The summed E-state index contributed by atoms with van der Waals surface area (Å²) < 4.78 is 5.74. The van der Waals surface area contributed by atoms with Crippen molar-refractivity contribution in [2.24, 2.45) is 5.92 Å². The summed E-state index contributed by atoms with van der Waals surface area (Å²) in [6.45, 7) is 4.24. The largest absolute Gasteiger partial charge is 0.458 e. The van der Waals surface area contributed by atoms with E-state index in [9.17, 15) is 4.79 Å². The lowest BCUT2D eigenvalue weighted by Gasteiger charge is -2.30. The number of rotatable bonds is 5. The molecule has 0 aliphatic heterocycles. The molecule has 1 aliphatic rings. The van der Waals surface area contributed by atoms with E-state index >= 15 is 0 Å². The summed E-state index contributed by atoms with van der Waals surface area (Å²) >= 11 is 6.01. The topological polar surface area (TPSA) is 39.2 Å². The number of pyridine rings is 1. The Bertz CT molecular complexity index is 490. The number of aryl methyl sites for hydroxylation is 1. The number of hydrogen-bond donors (Lipinski definition) is 0. The molecule has 1 aromatic heterocycles. The summed E-state index contributed by atoms with van der Waals surface area (Å²) in [5, 5.41) is 0.364. The van der Waals surface area contributed by atoms with Crippen LogP contribution in [0.1, 0.15) is 68.4 Å². The number of ether oxygens (including phenoxy) is 1. The first-order chi connectivity index (χ1) is 10.1. The van der Waals surface area contributed by atoms with E-state index in [2.05, 4.69) is 18.8 Å². The van der Waals surface area contributed by atoms with E-state index in [1.807, 2.05) is 6.07 Å². The molecule has 116 valence electrons. The number of nitrogens with zero attached hydrogens (tertiary/aromatic N) is 1. The quantitative estimate of drug-likeness (QED) is 0.578. The zero-order chi connectivity index (χ0) is 15.2. The van der Waals surface area contributed by atoms with Crippen molar-refractivity contribution >= 4 is 17.6 Å². The second-order valence-corrected chi connectivity index (χ2v) is 6.20. The predicted octanol–water partition coefficient (Wildman–Crippen LogP) is 4.81. The molecule has 2 rings (SSSR count). The monoisotopic (exact) mass is 309 g/mol. The van der Waals surface area contributed by atoms with Crippen molar-refractivity contribution in [3.63, 3.8) is 0 Å². The number of carbonyl (C=O) groups excluding carboxylic acids is 1.